The zero-order valence-corrected chi connectivity index (χ0v) is 11.7. The van der Waals surface area contributed by atoms with E-state index in [1.165, 1.54) is 0 Å². The third-order valence-electron chi connectivity index (χ3n) is 3.01. The van der Waals surface area contributed by atoms with Crippen molar-refractivity contribution in [1.82, 2.24) is 15.0 Å². The van der Waals surface area contributed by atoms with Gasteiger partial charge in [0.15, 0.2) is 0 Å². The molecule has 0 amide bonds. The molecule has 1 aliphatic heterocycles. The molecular formula is C12H21N7. The molecule has 0 bridgehead atoms. The van der Waals surface area contributed by atoms with Gasteiger partial charge in [-0.2, -0.15) is 20.1 Å². The average molecular weight is 263 g/mol. The standard InChI is InChI=1S/C12H21N7/c1-8-7-12(2,3)19(18-8)11-16-9(5-4-6-13)15-10(14)17-11/h4-7,13H2,1-3H3,(H2,14,15,16,17). The SMILES string of the molecule is CC1=NN(c2nc(N)nc(CCCN)n2)C(C)(C)C1. The van der Waals surface area contributed by atoms with Gasteiger partial charge in [0.25, 0.3) is 5.95 Å². The van der Waals surface area contributed by atoms with E-state index in [0.29, 0.717) is 24.7 Å². The van der Waals surface area contributed by atoms with Crippen LogP contribution < -0.4 is 16.5 Å². The molecule has 7 heteroatoms. The van der Waals surface area contributed by atoms with Gasteiger partial charge in [-0.3, -0.25) is 0 Å². The highest BCUT2D eigenvalue weighted by Crippen LogP contribution is 2.30. The molecule has 0 unspecified atom stereocenters. The Labute approximate surface area is 113 Å². The molecule has 1 aromatic heterocycles. The highest BCUT2D eigenvalue weighted by molar-refractivity contribution is 5.86. The number of nitrogen functional groups attached to an aromatic ring is 1. The molecule has 19 heavy (non-hydrogen) atoms. The third-order valence-corrected chi connectivity index (χ3v) is 3.01. The molecule has 1 aliphatic rings. The predicted molar refractivity (Wildman–Crippen MR) is 75.9 cm³/mol. The van der Waals surface area contributed by atoms with Crippen LogP contribution in [0, 0.1) is 0 Å². The number of nitrogens with zero attached hydrogens (tertiary/aromatic N) is 5. The maximum atomic E-state index is 5.75. The number of aryl methyl sites for hydroxylation is 1. The summed E-state index contributed by atoms with van der Waals surface area (Å²) in [5.74, 6) is 1.41. The van der Waals surface area contributed by atoms with Crippen molar-refractivity contribution >= 4 is 17.6 Å². The summed E-state index contributed by atoms with van der Waals surface area (Å²) < 4.78 is 0. The molecule has 4 N–H and O–H groups in total. The minimum atomic E-state index is -0.136. The Bertz CT molecular complexity index is 495. The maximum Gasteiger partial charge on any atom is 0.251 e. The van der Waals surface area contributed by atoms with Crippen molar-refractivity contribution in [3.63, 3.8) is 0 Å². The molecule has 0 fully saturated rings. The third kappa shape index (κ3) is 2.98. The van der Waals surface area contributed by atoms with E-state index in [-0.39, 0.29) is 11.5 Å². The number of hydrogen-bond donors (Lipinski definition) is 2. The summed E-state index contributed by atoms with van der Waals surface area (Å²) in [6.07, 6.45) is 2.42. The second kappa shape index (κ2) is 5.08. The first-order chi connectivity index (χ1) is 8.92. The summed E-state index contributed by atoms with van der Waals surface area (Å²) in [6, 6.07) is 0. The van der Waals surface area contributed by atoms with Gasteiger partial charge in [0.05, 0.1) is 5.54 Å². The van der Waals surface area contributed by atoms with E-state index >= 15 is 0 Å². The van der Waals surface area contributed by atoms with E-state index in [1.54, 1.807) is 0 Å². The van der Waals surface area contributed by atoms with Crippen LogP contribution in [0.3, 0.4) is 0 Å². The van der Waals surface area contributed by atoms with Crippen molar-refractivity contribution in [2.75, 3.05) is 17.3 Å². The van der Waals surface area contributed by atoms with Crippen LogP contribution in [0.2, 0.25) is 0 Å². The highest BCUT2D eigenvalue weighted by atomic mass is 15.6. The van der Waals surface area contributed by atoms with Gasteiger partial charge in [0.1, 0.15) is 5.82 Å². The maximum absolute atomic E-state index is 5.75. The number of nitrogens with two attached hydrogens (primary N) is 2. The summed E-state index contributed by atoms with van der Waals surface area (Å²) in [5.41, 5.74) is 12.2. The van der Waals surface area contributed by atoms with Crippen LogP contribution in [0.15, 0.2) is 5.10 Å². The van der Waals surface area contributed by atoms with E-state index in [4.69, 9.17) is 11.5 Å². The Morgan fingerprint density at radius 3 is 2.58 bits per heavy atom. The average Bonchev–Trinajstić information content (AvgIpc) is 2.59. The molecule has 2 heterocycles. The Hall–Kier alpha value is -1.76. The predicted octanol–water partition coefficient (Wildman–Crippen LogP) is 0.710. The fourth-order valence-corrected chi connectivity index (χ4v) is 2.25. The van der Waals surface area contributed by atoms with E-state index in [1.807, 2.05) is 11.9 Å². The van der Waals surface area contributed by atoms with E-state index < -0.39 is 0 Å². The van der Waals surface area contributed by atoms with Gasteiger partial charge in [-0.15, -0.1) is 0 Å². The molecule has 0 spiro atoms. The van der Waals surface area contributed by atoms with E-state index in [9.17, 15) is 0 Å². The molecule has 0 aliphatic carbocycles. The molecule has 0 atom stereocenters. The normalized spacial score (nSPS) is 17.7. The van der Waals surface area contributed by atoms with Crippen LogP contribution in [-0.2, 0) is 6.42 Å². The number of rotatable bonds is 4. The summed E-state index contributed by atoms with van der Waals surface area (Å²) in [7, 11) is 0. The summed E-state index contributed by atoms with van der Waals surface area (Å²) in [4.78, 5) is 12.8. The molecule has 0 radical (unpaired) electrons. The smallest absolute Gasteiger partial charge is 0.251 e. The van der Waals surface area contributed by atoms with Crippen molar-refractivity contribution in [2.45, 2.75) is 45.6 Å². The minimum absolute atomic E-state index is 0.136. The first kappa shape index (κ1) is 13.7. The van der Waals surface area contributed by atoms with Gasteiger partial charge in [0, 0.05) is 18.6 Å². The molecule has 0 aromatic carbocycles. The highest BCUT2D eigenvalue weighted by Gasteiger charge is 2.35. The van der Waals surface area contributed by atoms with Gasteiger partial charge in [0.2, 0.25) is 5.95 Å². The summed E-state index contributed by atoms with van der Waals surface area (Å²) in [6.45, 7) is 6.81. The van der Waals surface area contributed by atoms with Crippen LogP contribution >= 0.6 is 0 Å². The quantitative estimate of drug-likeness (QED) is 0.828. The second-order valence-corrected chi connectivity index (χ2v) is 5.44. The molecule has 0 saturated heterocycles. The summed E-state index contributed by atoms with van der Waals surface area (Å²) in [5, 5.41) is 6.32. The topological polar surface area (TPSA) is 106 Å². The zero-order valence-electron chi connectivity index (χ0n) is 11.7. The number of aromatic nitrogens is 3. The number of hydrogen-bond acceptors (Lipinski definition) is 7. The van der Waals surface area contributed by atoms with Gasteiger partial charge in [-0.1, -0.05) is 0 Å². The van der Waals surface area contributed by atoms with Crippen molar-refractivity contribution in [3.05, 3.63) is 5.82 Å². The first-order valence-corrected chi connectivity index (χ1v) is 6.47. The van der Waals surface area contributed by atoms with Gasteiger partial charge in [-0.05, 0) is 33.7 Å². The molecule has 7 nitrogen and oxygen atoms in total. The second-order valence-electron chi connectivity index (χ2n) is 5.44. The Kier molecular flexibility index (Phi) is 3.66. The molecule has 2 rings (SSSR count). The van der Waals surface area contributed by atoms with Crippen LogP contribution in [-0.4, -0.2) is 32.7 Å². The van der Waals surface area contributed by atoms with E-state index in [2.05, 4.69) is 33.9 Å². The largest absolute Gasteiger partial charge is 0.368 e. The van der Waals surface area contributed by atoms with Crippen LogP contribution in [0.25, 0.3) is 0 Å². The molecule has 104 valence electrons. The number of hydrazone groups is 1. The fraction of sp³-hybridized carbons (Fsp3) is 0.667. The minimum Gasteiger partial charge on any atom is -0.368 e. The van der Waals surface area contributed by atoms with Crippen molar-refractivity contribution in [2.24, 2.45) is 10.8 Å². The summed E-state index contributed by atoms with van der Waals surface area (Å²) >= 11 is 0. The lowest BCUT2D eigenvalue weighted by molar-refractivity contribution is 0.504. The van der Waals surface area contributed by atoms with Crippen LogP contribution in [0.1, 0.15) is 39.4 Å². The van der Waals surface area contributed by atoms with Crippen molar-refractivity contribution < 1.29 is 0 Å². The zero-order chi connectivity index (χ0) is 14.0. The Morgan fingerprint density at radius 1 is 1.26 bits per heavy atom. The molecular weight excluding hydrogens is 242 g/mol. The Morgan fingerprint density at radius 2 is 2.00 bits per heavy atom. The molecule has 0 saturated carbocycles. The fourth-order valence-electron chi connectivity index (χ4n) is 2.25. The lowest BCUT2D eigenvalue weighted by Gasteiger charge is -2.28. The Balaban J connectivity index is 2.31. The van der Waals surface area contributed by atoms with Gasteiger partial charge >= 0.3 is 0 Å². The van der Waals surface area contributed by atoms with Crippen molar-refractivity contribution in [3.8, 4) is 0 Å². The van der Waals surface area contributed by atoms with Crippen LogP contribution in [0.5, 0.6) is 0 Å². The lowest BCUT2D eigenvalue weighted by Crippen LogP contribution is -2.37. The monoisotopic (exact) mass is 263 g/mol. The van der Waals surface area contributed by atoms with Gasteiger partial charge < -0.3 is 11.5 Å². The lowest BCUT2D eigenvalue weighted by atomic mass is 9.99. The van der Waals surface area contributed by atoms with E-state index in [0.717, 1.165) is 18.6 Å². The van der Waals surface area contributed by atoms with Crippen LogP contribution in [0.4, 0.5) is 11.9 Å². The van der Waals surface area contributed by atoms with Gasteiger partial charge in [-0.25, -0.2) is 5.01 Å². The molecule has 1 aromatic rings. The van der Waals surface area contributed by atoms with Crippen molar-refractivity contribution in [1.29, 1.82) is 0 Å². The number of anilines is 2. The first-order valence-electron chi connectivity index (χ1n) is 6.47.